The first-order chi connectivity index (χ1) is 12.2. The normalized spacial score (nSPS) is 10.8. The fraction of sp³-hybridized carbons (Fsp3) is 0.105. The average molecular weight is 334 g/mol. The SMILES string of the molecule is Cc1cc(C(=O)N/N=C/c2ccc(OCc3ccccc3)cc2)n[nH]1. The van der Waals surface area contributed by atoms with Crippen LogP contribution >= 0.6 is 0 Å². The Kier molecular flexibility index (Phi) is 5.21. The van der Waals surface area contributed by atoms with Crippen molar-refractivity contribution in [3.8, 4) is 5.75 Å². The predicted molar refractivity (Wildman–Crippen MR) is 95.6 cm³/mol. The molecule has 1 heterocycles. The molecule has 0 unspecified atom stereocenters. The number of aromatic nitrogens is 2. The second-order valence-electron chi connectivity index (χ2n) is 5.48. The van der Waals surface area contributed by atoms with Gasteiger partial charge >= 0.3 is 0 Å². The van der Waals surface area contributed by atoms with Crippen LogP contribution in [0.3, 0.4) is 0 Å². The molecular formula is C19H18N4O2. The molecule has 0 aliphatic carbocycles. The van der Waals surface area contributed by atoms with E-state index in [-0.39, 0.29) is 5.91 Å². The number of carbonyl (C=O) groups is 1. The number of hydrogen-bond donors (Lipinski definition) is 2. The maximum atomic E-state index is 11.8. The van der Waals surface area contributed by atoms with Gasteiger partial charge in [-0.15, -0.1) is 0 Å². The zero-order chi connectivity index (χ0) is 17.5. The van der Waals surface area contributed by atoms with Crippen molar-refractivity contribution in [3.05, 3.63) is 83.2 Å². The lowest BCUT2D eigenvalue weighted by atomic mass is 10.2. The van der Waals surface area contributed by atoms with Crippen LogP contribution in [0.5, 0.6) is 5.75 Å². The molecule has 1 amide bonds. The lowest BCUT2D eigenvalue weighted by Crippen LogP contribution is -2.17. The van der Waals surface area contributed by atoms with Gasteiger partial charge < -0.3 is 4.74 Å². The van der Waals surface area contributed by atoms with Crippen molar-refractivity contribution in [3.63, 3.8) is 0 Å². The maximum Gasteiger partial charge on any atom is 0.291 e. The Morgan fingerprint density at radius 1 is 1.20 bits per heavy atom. The molecule has 1 aromatic heterocycles. The van der Waals surface area contributed by atoms with E-state index in [4.69, 9.17) is 4.74 Å². The highest BCUT2D eigenvalue weighted by Crippen LogP contribution is 2.13. The van der Waals surface area contributed by atoms with Gasteiger partial charge in [0.25, 0.3) is 5.91 Å². The van der Waals surface area contributed by atoms with Gasteiger partial charge in [-0.2, -0.15) is 10.2 Å². The van der Waals surface area contributed by atoms with Crippen LogP contribution in [0, 0.1) is 6.92 Å². The Hall–Kier alpha value is -3.41. The van der Waals surface area contributed by atoms with Gasteiger partial charge in [0, 0.05) is 5.69 Å². The minimum atomic E-state index is -0.358. The van der Waals surface area contributed by atoms with Crippen LogP contribution in [0.2, 0.25) is 0 Å². The molecule has 0 bridgehead atoms. The topological polar surface area (TPSA) is 79.4 Å². The zero-order valence-corrected chi connectivity index (χ0v) is 13.8. The fourth-order valence-corrected chi connectivity index (χ4v) is 2.15. The molecule has 0 fully saturated rings. The third-order valence-electron chi connectivity index (χ3n) is 3.45. The first-order valence-corrected chi connectivity index (χ1v) is 7.83. The Labute approximate surface area is 145 Å². The first kappa shape index (κ1) is 16.4. The molecule has 25 heavy (non-hydrogen) atoms. The zero-order valence-electron chi connectivity index (χ0n) is 13.8. The van der Waals surface area contributed by atoms with Gasteiger partial charge in [0.15, 0.2) is 5.69 Å². The molecule has 0 saturated carbocycles. The molecule has 0 radical (unpaired) electrons. The molecule has 126 valence electrons. The Bertz CT molecular complexity index is 855. The van der Waals surface area contributed by atoms with Gasteiger partial charge in [-0.3, -0.25) is 9.89 Å². The smallest absolute Gasteiger partial charge is 0.291 e. The van der Waals surface area contributed by atoms with Gasteiger partial charge in [-0.25, -0.2) is 5.43 Å². The fourth-order valence-electron chi connectivity index (χ4n) is 2.15. The summed E-state index contributed by atoms with van der Waals surface area (Å²) in [6.45, 7) is 2.35. The molecule has 2 N–H and O–H groups in total. The number of hydrazone groups is 1. The lowest BCUT2D eigenvalue weighted by Gasteiger charge is -2.06. The van der Waals surface area contributed by atoms with E-state index in [0.29, 0.717) is 12.3 Å². The molecule has 2 aromatic carbocycles. The van der Waals surface area contributed by atoms with Crippen LogP contribution < -0.4 is 10.2 Å². The molecule has 0 aliphatic rings. The third kappa shape index (κ3) is 4.78. The summed E-state index contributed by atoms with van der Waals surface area (Å²) in [4.78, 5) is 11.8. The molecule has 6 heteroatoms. The first-order valence-electron chi connectivity index (χ1n) is 7.83. The molecule has 0 atom stereocenters. The van der Waals surface area contributed by atoms with Crippen LogP contribution in [0.4, 0.5) is 0 Å². The summed E-state index contributed by atoms with van der Waals surface area (Å²) < 4.78 is 5.72. The quantitative estimate of drug-likeness (QED) is 0.537. The Balaban J connectivity index is 1.51. The van der Waals surface area contributed by atoms with Crippen LogP contribution in [-0.4, -0.2) is 22.3 Å². The largest absolute Gasteiger partial charge is 0.489 e. The number of benzene rings is 2. The average Bonchev–Trinajstić information content (AvgIpc) is 3.08. The highest BCUT2D eigenvalue weighted by atomic mass is 16.5. The van der Waals surface area contributed by atoms with Crippen LogP contribution in [0.15, 0.2) is 65.8 Å². The van der Waals surface area contributed by atoms with Gasteiger partial charge in [-0.1, -0.05) is 30.3 Å². The monoisotopic (exact) mass is 334 g/mol. The summed E-state index contributed by atoms with van der Waals surface area (Å²) in [6.07, 6.45) is 1.57. The van der Waals surface area contributed by atoms with Crippen LogP contribution in [-0.2, 0) is 6.61 Å². The summed E-state index contributed by atoms with van der Waals surface area (Å²) in [5.41, 5.74) is 5.53. The van der Waals surface area contributed by atoms with E-state index in [1.54, 1.807) is 12.3 Å². The molecule has 3 aromatic rings. The molecule has 3 rings (SSSR count). The number of carbonyl (C=O) groups excluding carboxylic acids is 1. The number of H-pyrrole nitrogens is 1. The summed E-state index contributed by atoms with van der Waals surface area (Å²) in [6, 6.07) is 19.1. The molecule has 0 spiro atoms. The number of amides is 1. The second kappa shape index (κ2) is 7.92. The van der Waals surface area contributed by atoms with E-state index in [0.717, 1.165) is 22.6 Å². The second-order valence-corrected chi connectivity index (χ2v) is 5.48. The molecule has 6 nitrogen and oxygen atoms in total. The highest BCUT2D eigenvalue weighted by molar-refractivity contribution is 5.93. The number of nitrogens with one attached hydrogen (secondary N) is 2. The van der Waals surface area contributed by atoms with Gasteiger partial charge in [-0.05, 0) is 48.4 Å². The molecule has 0 aliphatic heterocycles. The predicted octanol–water partition coefficient (Wildman–Crippen LogP) is 3.06. The summed E-state index contributed by atoms with van der Waals surface area (Å²) in [5, 5.41) is 10.5. The minimum absolute atomic E-state index is 0.305. The van der Waals surface area contributed by atoms with E-state index < -0.39 is 0 Å². The van der Waals surface area contributed by atoms with Crippen molar-refractivity contribution in [2.45, 2.75) is 13.5 Å². The van der Waals surface area contributed by atoms with Gasteiger partial charge in [0.2, 0.25) is 0 Å². The van der Waals surface area contributed by atoms with Crippen molar-refractivity contribution < 1.29 is 9.53 Å². The summed E-state index contributed by atoms with van der Waals surface area (Å²) in [5.74, 6) is 0.417. The molecular weight excluding hydrogens is 316 g/mol. The van der Waals surface area contributed by atoms with E-state index >= 15 is 0 Å². The third-order valence-corrected chi connectivity index (χ3v) is 3.45. The van der Waals surface area contributed by atoms with Crippen molar-refractivity contribution in [1.82, 2.24) is 15.6 Å². The Morgan fingerprint density at radius 3 is 2.64 bits per heavy atom. The molecule has 0 saturated heterocycles. The standard InChI is InChI=1S/C19H18N4O2/c1-14-11-18(22-21-14)19(24)23-20-12-15-7-9-17(10-8-15)25-13-16-5-3-2-4-6-16/h2-12H,13H2,1H3,(H,21,22)(H,23,24)/b20-12+. The van der Waals surface area contributed by atoms with Crippen molar-refractivity contribution in [2.24, 2.45) is 5.10 Å². The number of nitrogens with zero attached hydrogens (tertiary/aromatic N) is 2. The van der Waals surface area contributed by atoms with E-state index in [1.165, 1.54) is 0 Å². The maximum absolute atomic E-state index is 11.8. The van der Waals surface area contributed by atoms with E-state index in [9.17, 15) is 4.79 Å². The van der Waals surface area contributed by atoms with E-state index in [1.807, 2.05) is 61.5 Å². The number of rotatable bonds is 6. The minimum Gasteiger partial charge on any atom is -0.489 e. The Morgan fingerprint density at radius 2 is 1.96 bits per heavy atom. The van der Waals surface area contributed by atoms with Gasteiger partial charge in [0.1, 0.15) is 12.4 Å². The summed E-state index contributed by atoms with van der Waals surface area (Å²) in [7, 11) is 0. The van der Waals surface area contributed by atoms with Crippen LogP contribution in [0.25, 0.3) is 0 Å². The number of hydrogen-bond acceptors (Lipinski definition) is 4. The van der Waals surface area contributed by atoms with Gasteiger partial charge in [0.05, 0.1) is 6.21 Å². The van der Waals surface area contributed by atoms with E-state index in [2.05, 4.69) is 20.7 Å². The lowest BCUT2D eigenvalue weighted by molar-refractivity contribution is 0.0950. The summed E-state index contributed by atoms with van der Waals surface area (Å²) >= 11 is 0. The number of ether oxygens (including phenoxy) is 1. The van der Waals surface area contributed by atoms with Crippen LogP contribution in [0.1, 0.15) is 27.3 Å². The number of aromatic amines is 1. The number of aryl methyl sites for hydroxylation is 1. The van der Waals surface area contributed by atoms with Crippen molar-refractivity contribution in [1.29, 1.82) is 0 Å². The van der Waals surface area contributed by atoms with Crippen molar-refractivity contribution >= 4 is 12.1 Å². The van der Waals surface area contributed by atoms with Crippen molar-refractivity contribution in [2.75, 3.05) is 0 Å². The highest BCUT2D eigenvalue weighted by Gasteiger charge is 2.07.